The summed E-state index contributed by atoms with van der Waals surface area (Å²) in [7, 11) is 0. The van der Waals surface area contributed by atoms with Crippen LogP contribution in [0.2, 0.25) is 0 Å². The van der Waals surface area contributed by atoms with Crippen molar-refractivity contribution in [2.24, 2.45) is 0 Å². The van der Waals surface area contributed by atoms with Gasteiger partial charge in [-0.1, -0.05) is 36.4 Å². The van der Waals surface area contributed by atoms with Gasteiger partial charge in [0.15, 0.2) is 0 Å². The zero-order valence-corrected chi connectivity index (χ0v) is 11.2. The molecule has 0 saturated carbocycles. The van der Waals surface area contributed by atoms with E-state index in [1.807, 2.05) is 42.5 Å². The standard InChI is InChI=1S/C16H18N2O2/c19-13-7-4-10-18(11-13)16(20)17-15-9-3-6-12-5-1-2-8-14(12)15/h1-3,5-6,8-9,13,19H,4,7,10-11H2,(H,17,20)/t13-/m1/s1. The Hall–Kier alpha value is -2.07. The fourth-order valence-corrected chi connectivity index (χ4v) is 2.67. The van der Waals surface area contributed by atoms with Crippen molar-refractivity contribution >= 4 is 22.5 Å². The molecule has 2 aromatic carbocycles. The molecule has 20 heavy (non-hydrogen) atoms. The van der Waals surface area contributed by atoms with Crippen molar-refractivity contribution in [3.05, 3.63) is 42.5 Å². The van der Waals surface area contributed by atoms with Gasteiger partial charge in [-0.05, 0) is 24.3 Å². The second-order valence-corrected chi connectivity index (χ2v) is 5.20. The topological polar surface area (TPSA) is 52.6 Å². The summed E-state index contributed by atoms with van der Waals surface area (Å²) < 4.78 is 0. The molecule has 0 spiro atoms. The van der Waals surface area contributed by atoms with Crippen molar-refractivity contribution in [1.82, 2.24) is 4.90 Å². The molecule has 1 aliphatic rings. The summed E-state index contributed by atoms with van der Waals surface area (Å²) in [4.78, 5) is 13.9. The molecule has 0 aliphatic carbocycles. The van der Waals surface area contributed by atoms with Crippen LogP contribution in [0.5, 0.6) is 0 Å². The number of benzene rings is 2. The third-order valence-electron chi connectivity index (χ3n) is 3.71. The highest BCUT2D eigenvalue weighted by molar-refractivity contribution is 6.01. The minimum Gasteiger partial charge on any atom is -0.391 e. The number of nitrogens with zero attached hydrogens (tertiary/aromatic N) is 1. The van der Waals surface area contributed by atoms with Gasteiger partial charge in [-0.2, -0.15) is 0 Å². The third kappa shape index (κ3) is 2.60. The highest BCUT2D eigenvalue weighted by Gasteiger charge is 2.22. The lowest BCUT2D eigenvalue weighted by Crippen LogP contribution is -2.44. The molecule has 2 aromatic rings. The first kappa shape index (κ1) is 12.9. The number of carbonyl (C=O) groups excluding carboxylic acids is 1. The Morgan fingerprint density at radius 3 is 2.85 bits per heavy atom. The average molecular weight is 270 g/mol. The normalized spacial score (nSPS) is 19.1. The predicted octanol–water partition coefficient (Wildman–Crippen LogP) is 2.83. The number of fused-ring (bicyclic) bond motifs is 1. The molecule has 0 radical (unpaired) electrons. The SMILES string of the molecule is O=C(Nc1cccc2ccccc12)N1CCC[C@@H](O)C1. The van der Waals surface area contributed by atoms with E-state index in [0.717, 1.165) is 29.3 Å². The first-order valence-electron chi connectivity index (χ1n) is 6.96. The van der Waals surface area contributed by atoms with Gasteiger partial charge in [0.1, 0.15) is 0 Å². The van der Waals surface area contributed by atoms with E-state index in [4.69, 9.17) is 0 Å². The Balaban J connectivity index is 1.80. The Bertz CT molecular complexity index is 621. The second-order valence-electron chi connectivity index (χ2n) is 5.20. The molecule has 3 rings (SSSR count). The molecule has 0 aromatic heterocycles. The highest BCUT2D eigenvalue weighted by atomic mass is 16.3. The number of piperidine rings is 1. The molecule has 2 amide bonds. The molecule has 1 heterocycles. The summed E-state index contributed by atoms with van der Waals surface area (Å²) in [5.74, 6) is 0. The maximum Gasteiger partial charge on any atom is 0.321 e. The van der Waals surface area contributed by atoms with Crippen LogP contribution in [0.3, 0.4) is 0 Å². The van der Waals surface area contributed by atoms with Crippen LogP contribution < -0.4 is 5.32 Å². The number of amides is 2. The zero-order chi connectivity index (χ0) is 13.9. The molecule has 4 heteroatoms. The Morgan fingerprint density at radius 2 is 2.00 bits per heavy atom. The second kappa shape index (κ2) is 5.51. The predicted molar refractivity (Wildman–Crippen MR) is 79.8 cm³/mol. The molecule has 0 unspecified atom stereocenters. The van der Waals surface area contributed by atoms with Crippen molar-refractivity contribution in [3.8, 4) is 0 Å². The van der Waals surface area contributed by atoms with E-state index in [-0.39, 0.29) is 6.03 Å². The number of aliphatic hydroxyl groups excluding tert-OH is 1. The molecule has 104 valence electrons. The Kier molecular flexibility index (Phi) is 3.56. The first-order valence-corrected chi connectivity index (χ1v) is 6.96. The van der Waals surface area contributed by atoms with Crippen LogP contribution in [0.25, 0.3) is 10.8 Å². The van der Waals surface area contributed by atoms with Gasteiger partial charge in [0.05, 0.1) is 11.8 Å². The van der Waals surface area contributed by atoms with Gasteiger partial charge in [-0.25, -0.2) is 4.79 Å². The number of β-amino-alcohol motifs (C(OH)–C–C–N with tert-alkyl or cyclic N) is 1. The van der Waals surface area contributed by atoms with E-state index in [1.165, 1.54) is 0 Å². The number of anilines is 1. The summed E-state index contributed by atoms with van der Waals surface area (Å²) in [6, 6.07) is 13.7. The number of urea groups is 1. The van der Waals surface area contributed by atoms with Gasteiger partial charge in [0.25, 0.3) is 0 Å². The van der Waals surface area contributed by atoms with E-state index < -0.39 is 6.10 Å². The molecular weight excluding hydrogens is 252 g/mol. The number of aliphatic hydroxyl groups is 1. The minimum atomic E-state index is -0.401. The third-order valence-corrected chi connectivity index (χ3v) is 3.71. The smallest absolute Gasteiger partial charge is 0.321 e. The molecule has 1 atom stereocenters. The number of carbonyl (C=O) groups is 1. The lowest BCUT2D eigenvalue weighted by molar-refractivity contribution is 0.0883. The van der Waals surface area contributed by atoms with Crippen LogP contribution in [0.1, 0.15) is 12.8 Å². The van der Waals surface area contributed by atoms with Gasteiger partial charge < -0.3 is 15.3 Å². The molecule has 1 saturated heterocycles. The van der Waals surface area contributed by atoms with Gasteiger partial charge in [-0.3, -0.25) is 0 Å². The fourth-order valence-electron chi connectivity index (χ4n) is 2.67. The minimum absolute atomic E-state index is 0.139. The molecule has 0 bridgehead atoms. The van der Waals surface area contributed by atoms with Crippen molar-refractivity contribution in [2.75, 3.05) is 18.4 Å². The number of nitrogens with one attached hydrogen (secondary N) is 1. The van der Waals surface area contributed by atoms with Crippen LogP contribution in [0.15, 0.2) is 42.5 Å². The Morgan fingerprint density at radius 1 is 1.20 bits per heavy atom. The van der Waals surface area contributed by atoms with E-state index in [0.29, 0.717) is 13.1 Å². The summed E-state index contributed by atoms with van der Waals surface area (Å²) in [5.41, 5.74) is 0.813. The molecule has 1 aliphatic heterocycles. The van der Waals surface area contributed by atoms with E-state index in [9.17, 15) is 9.90 Å². The van der Waals surface area contributed by atoms with Crippen molar-refractivity contribution in [2.45, 2.75) is 18.9 Å². The monoisotopic (exact) mass is 270 g/mol. The van der Waals surface area contributed by atoms with Crippen LogP contribution in [-0.4, -0.2) is 35.2 Å². The lowest BCUT2D eigenvalue weighted by atomic mass is 10.1. The van der Waals surface area contributed by atoms with Crippen LogP contribution in [0, 0.1) is 0 Å². The van der Waals surface area contributed by atoms with Crippen LogP contribution >= 0.6 is 0 Å². The molecule has 1 fully saturated rings. The summed E-state index contributed by atoms with van der Waals surface area (Å²) in [5, 5.41) is 14.7. The van der Waals surface area contributed by atoms with Gasteiger partial charge in [0, 0.05) is 18.5 Å². The maximum atomic E-state index is 12.3. The first-order chi connectivity index (χ1) is 9.74. The van der Waals surface area contributed by atoms with E-state index >= 15 is 0 Å². The maximum absolute atomic E-state index is 12.3. The van der Waals surface area contributed by atoms with Crippen molar-refractivity contribution in [1.29, 1.82) is 0 Å². The van der Waals surface area contributed by atoms with Gasteiger partial charge >= 0.3 is 6.03 Å². The number of likely N-dealkylation sites (tertiary alicyclic amines) is 1. The van der Waals surface area contributed by atoms with E-state index in [2.05, 4.69) is 5.32 Å². The average Bonchev–Trinajstić information content (AvgIpc) is 2.47. The van der Waals surface area contributed by atoms with Crippen molar-refractivity contribution in [3.63, 3.8) is 0 Å². The van der Waals surface area contributed by atoms with E-state index in [1.54, 1.807) is 4.90 Å². The summed E-state index contributed by atoms with van der Waals surface area (Å²) >= 11 is 0. The lowest BCUT2D eigenvalue weighted by Gasteiger charge is -2.30. The molecular formula is C16H18N2O2. The Labute approximate surface area is 118 Å². The zero-order valence-electron chi connectivity index (χ0n) is 11.2. The van der Waals surface area contributed by atoms with Crippen LogP contribution in [0.4, 0.5) is 10.5 Å². The molecule has 4 nitrogen and oxygen atoms in total. The van der Waals surface area contributed by atoms with Crippen LogP contribution in [-0.2, 0) is 0 Å². The number of hydrogen-bond acceptors (Lipinski definition) is 2. The summed E-state index contributed by atoms with van der Waals surface area (Å²) in [6.07, 6.45) is 1.23. The highest BCUT2D eigenvalue weighted by Crippen LogP contribution is 2.23. The van der Waals surface area contributed by atoms with Gasteiger partial charge in [0.2, 0.25) is 0 Å². The largest absolute Gasteiger partial charge is 0.391 e. The molecule has 2 N–H and O–H groups in total. The fraction of sp³-hybridized carbons (Fsp3) is 0.312. The summed E-state index contributed by atoms with van der Waals surface area (Å²) in [6.45, 7) is 1.12. The van der Waals surface area contributed by atoms with Crippen molar-refractivity contribution < 1.29 is 9.90 Å². The number of rotatable bonds is 1. The number of hydrogen-bond donors (Lipinski definition) is 2. The van der Waals surface area contributed by atoms with Gasteiger partial charge in [-0.15, -0.1) is 0 Å². The quantitative estimate of drug-likeness (QED) is 0.837.